The van der Waals surface area contributed by atoms with Crippen molar-refractivity contribution in [2.75, 3.05) is 4.90 Å². The maximum Gasteiger partial charge on any atom is 0.333 e. The predicted octanol–water partition coefficient (Wildman–Crippen LogP) is 19.1. The Morgan fingerprint density at radius 1 is 0.500 bits per heavy atom. The number of aromatic nitrogens is 1. The van der Waals surface area contributed by atoms with Crippen molar-refractivity contribution in [3.63, 3.8) is 0 Å². The molecule has 6 aliphatic rings. The Kier molecular flexibility index (Phi) is 9.74. The first-order chi connectivity index (χ1) is 38.2. The summed E-state index contributed by atoms with van der Waals surface area (Å²) in [5.74, 6) is 1.70. The molecule has 4 saturated carbocycles. The van der Waals surface area contributed by atoms with Gasteiger partial charge in [0.25, 0.3) is 0 Å². The van der Waals surface area contributed by atoms with Crippen LogP contribution in [0.2, 0.25) is 0 Å². The van der Waals surface area contributed by atoms with Crippen LogP contribution in [0.25, 0.3) is 87.9 Å². The molecule has 0 radical (unpaired) electrons. The molecule has 3 nitrogen and oxygen atoms in total. The van der Waals surface area contributed by atoms with Gasteiger partial charge in [-0.25, -0.2) is 0 Å². The second-order valence-electron chi connectivity index (χ2n) is 26.4. The van der Waals surface area contributed by atoms with E-state index < -0.39 is 0 Å². The number of hydrogen-bond donors (Lipinski definition) is 0. The van der Waals surface area contributed by atoms with Crippen LogP contribution in [0.3, 0.4) is 0 Å². The van der Waals surface area contributed by atoms with E-state index in [9.17, 15) is 0 Å². The van der Waals surface area contributed by atoms with Gasteiger partial charge in [-0.1, -0.05) is 181 Å². The van der Waals surface area contributed by atoms with Gasteiger partial charge >= 0.3 is 6.85 Å². The predicted molar refractivity (Wildman–Crippen MR) is 329 cm³/mol. The third-order valence-corrected chi connectivity index (χ3v) is 21.1. The summed E-state index contributed by atoms with van der Waals surface area (Å²) in [6.07, 6.45) is 18.9. The largest absolute Gasteiger partial charge is 0.454 e. The fourth-order valence-corrected chi connectivity index (χ4v) is 17.4. The Labute approximate surface area is 459 Å². The Morgan fingerprint density at radius 2 is 1.15 bits per heavy atom. The van der Waals surface area contributed by atoms with Gasteiger partial charge in [0.1, 0.15) is 5.58 Å². The van der Waals surface area contributed by atoms with Gasteiger partial charge in [0, 0.05) is 49.4 Å². The number of rotatable bonds is 5. The SMILES string of the molecule is CC(C)(C)c1ccc(N2c3cc(-c4ccccc4)cc4c3B(c3ccc5c(oc6cc7ccccc7cc65)c32)n2c3ccc(C56CCCC(CCC5)C6)cc3c3cc(C56CCCC(CCC5)C6)cc-4c32)c(-c2ccccc2)c1. The Bertz CT molecular complexity index is 4280. The molecule has 0 atom stereocenters. The van der Waals surface area contributed by atoms with Gasteiger partial charge in [-0.05, 0) is 188 Å². The normalized spacial score (nSPS) is 22.4. The molecule has 4 bridgehead atoms. The maximum atomic E-state index is 7.51. The Hall–Kier alpha value is -7.30. The molecular weight excluding hydrogens is 944 g/mol. The fourth-order valence-electron chi connectivity index (χ4n) is 17.4. The molecule has 11 aromatic rings. The third kappa shape index (κ3) is 6.58. The van der Waals surface area contributed by atoms with E-state index in [2.05, 4.69) is 200 Å². The minimum atomic E-state index is -0.111. The molecule has 2 aliphatic heterocycles. The van der Waals surface area contributed by atoms with E-state index in [1.165, 1.54) is 178 Å². The summed E-state index contributed by atoms with van der Waals surface area (Å²) in [5.41, 5.74) is 23.5. The van der Waals surface area contributed by atoms with Crippen LogP contribution in [0, 0.1) is 11.8 Å². The minimum Gasteiger partial charge on any atom is -0.454 e. The number of nitrogens with zero attached hydrogens (tertiary/aromatic N) is 2. The first-order valence-corrected chi connectivity index (χ1v) is 29.9. The van der Waals surface area contributed by atoms with Crippen LogP contribution < -0.4 is 15.8 Å². The van der Waals surface area contributed by atoms with Gasteiger partial charge < -0.3 is 13.8 Å². The highest BCUT2D eigenvalue weighted by molar-refractivity contribution is 6.90. The summed E-state index contributed by atoms with van der Waals surface area (Å²) < 4.78 is 10.3. The number of furan rings is 1. The highest BCUT2D eigenvalue weighted by Gasteiger charge is 2.48. The summed E-state index contributed by atoms with van der Waals surface area (Å²) >= 11 is 0. The quantitative estimate of drug-likeness (QED) is 0.160. The molecule has 4 fully saturated rings. The summed E-state index contributed by atoms with van der Waals surface area (Å²) in [5, 5.41) is 7.64. The van der Waals surface area contributed by atoms with E-state index in [1.807, 2.05) is 0 Å². The van der Waals surface area contributed by atoms with Crippen LogP contribution >= 0.6 is 0 Å². The van der Waals surface area contributed by atoms with E-state index in [0.29, 0.717) is 0 Å². The Morgan fingerprint density at radius 3 is 1.86 bits per heavy atom. The lowest BCUT2D eigenvalue weighted by molar-refractivity contribution is 0.149. The molecule has 4 aliphatic carbocycles. The smallest absolute Gasteiger partial charge is 0.333 e. The molecule has 382 valence electrons. The zero-order valence-electron chi connectivity index (χ0n) is 45.6. The van der Waals surface area contributed by atoms with Crippen LogP contribution in [0.5, 0.6) is 0 Å². The van der Waals surface area contributed by atoms with Crippen molar-refractivity contribution in [1.29, 1.82) is 0 Å². The van der Waals surface area contributed by atoms with Crippen molar-refractivity contribution in [3.05, 3.63) is 187 Å². The molecule has 78 heavy (non-hydrogen) atoms. The van der Waals surface area contributed by atoms with E-state index in [4.69, 9.17) is 4.42 Å². The summed E-state index contributed by atoms with van der Waals surface area (Å²) in [6, 6.07) is 66.6. The second-order valence-corrected chi connectivity index (χ2v) is 26.4. The molecule has 0 saturated heterocycles. The third-order valence-electron chi connectivity index (χ3n) is 21.1. The van der Waals surface area contributed by atoms with Crippen LogP contribution in [0.1, 0.15) is 127 Å². The number of hydrogen-bond acceptors (Lipinski definition) is 2. The van der Waals surface area contributed by atoms with Gasteiger partial charge in [-0.2, -0.15) is 0 Å². The van der Waals surface area contributed by atoms with Gasteiger partial charge in [-0.3, -0.25) is 0 Å². The molecule has 0 unspecified atom stereocenters. The molecule has 4 heteroatoms. The lowest BCUT2D eigenvalue weighted by Gasteiger charge is -2.46. The van der Waals surface area contributed by atoms with Gasteiger partial charge in [-0.15, -0.1) is 0 Å². The lowest BCUT2D eigenvalue weighted by atomic mass is 9.44. The van der Waals surface area contributed by atoms with Crippen LogP contribution in [0.4, 0.5) is 17.1 Å². The first kappa shape index (κ1) is 45.7. The highest BCUT2D eigenvalue weighted by atomic mass is 16.3. The average Bonchev–Trinajstić information content (AvgIpc) is 3.00. The van der Waals surface area contributed by atoms with Crippen LogP contribution in [-0.2, 0) is 16.2 Å². The number of fused-ring (bicyclic) bond motifs is 16. The summed E-state index contributed by atoms with van der Waals surface area (Å²) in [4.78, 5) is 2.67. The van der Waals surface area contributed by atoms with Crippen LogP contribution in [-0.4, -0.2) is 11.3 Å². The van der Waals surface area contributed by atoms with Gasteiger partial charge in [0.2, 0.25) is 0 Å². The monoisotopic (exact) mass is 1010 g/mol. The van der Waals surface area contributed by atoms with Crippen molar-refractivity contribution in [1.82, 2.24) is 4.48 Å². The lowest BCUT2D eigenvalue weighted by Crippen LogP contribution is -2.56. The first-order valence-electron chi connectivity index (χ1n) is 29.9. The molecule has 0 spiro atoms. The molecule has 0 N–H and O–H groups in total. The van der Waals surface area contributed by atoms with E-state index in [1.54, 1.807) is 11.1 Å². The van der Waals surface area contributed by atoms with Crippen molar-refractivity contribution in [2.24, 2.45) is 11.8 Å². The summed E-state index contributed by atoms with van der Waals surface area (Å²) in [7, 11) is 0. The van der Waals surface area contributed by atoms with Crippen molar-refractivity contribution >= 4 is 89.4 Å². The average molecular weight is 1010 g/mol. The summed E-state index contributed by atoms with van der Waals surface area (Å²) in [6.45, 7) is 6.92. The van der Waals surface area contributed by atoms with Gasteiger partial charge in [0.05, 0.1) is 11.4 Å². The van der Waals surface area contributed by atoms with Crippen LogP contribution in [0.15, 0.2) is 174 Å². The van der Waals surface area contributed by atoms with Crippen molar-refractivity contribution in [2.45, 2.75) is 127 Å². The topological polar surface area (TPSA) is 21.3 Å². The van der Waals surface area contributed by atoms with E-state index in [0.717, 1.165) is 45.1 Å². The standard InChI is InChI=1S/C74H67BN2O/c1-72(2,3)53-26-30-64(57(40-53)49-22-8-5-9-23-49)76-66-38-52(48-20-6-4-7-21-48)37-60-62-43-55(74-34-14-18-47(45-74)19-15-35-74)42-61-58-41-54(73-32-12-16-46(44-73)17-13-33-73)27-31-65(58)77(69(61)62)75(68(60)66)63-29-28-56-59-36-50-24-10-11-25-51(50)39-67(59)78-71(56)70(63)76/h4-11,20-31,36-43,46-47H,12-19,32-35,44-45H2,1-3H3. The van der Waals surface area contributed by atoms with Crippen molar-refractivity contribution in [3.8, 4) is 33.4 Å². The molecule has 2 aromatic heterocycles. The molecule has 0 amide bonds. The second kappa shape index (κ2) is 16.6. The number of anilines is 3. The zero-order valence-corrected chi connectivity index (χ0v) is 45.6. The van der Waals surface area contributed by atoms with E-state index in [-0.39, 0.29) is 23.1 Å². The highest BCUT2D eigenvalue weighted by Crippen LogP contribution is 2.57. The van der Waals surface area contributed by atoms with Crippen molar-refractivity contribution < 1.29 is 4.42 Å². The van der Waals surface area contributed by atoms with E-state index >= 15 is 0 Å². The maximum absolute atomic E-state index is 7.51. The Balaban J connectivity index is 1.03. The molecule has 4 heterocycles. The number of benzene rings is 9. The fraction of sp³-hybridized carbons (Fsp3) is 0.297. The zero-order chi connectivity index (χ0) is 51.6. The molecular formula is C74H67BN2O. The van der Waals surface area contributed by atoms with Gasteiger partial charge in [0.15, 0.2) is 5.58 Å². The molecule has 9 aromatic carbocycles. The molecule has 17 rings (SSSR count). The minimum absolute atomic E-state index is 0.0546.